The highest BCUT2D eigenvalue weighted by Gasteiger charge is 2.70. The van der Waals surface area contributed by atoms with Crippen LogP contribution in [0.25, 0.3) is 0 Å². The van der Waals surface area contributed by atoms with Crippen molar-refractivity contribution in [3.8, 4) is 11.5 Å². The summed E-state index contributed by atoms with van der Waals surface area (Å²) in [5.74, 6) is -4.72. The minimum Gasteiger partial charge on any atom is -0.508 e. The van der Waals surface area contributed by atoms with Gasteiger partial charge in [-0.25, -0.2) is 0 Å². The molecule has 11 heteroatoms. The van der Waals surface area contributed by atoms with Crippen LogP contribution in [-0.2, 0) is 31.0 Å². The van der Waals surface area contributed by atoms with Crippen molar-refractivity contribution < 1.29 is 29.0 Å². The molecule has 8 rings (SSSR count). The summed E-state index contributed by atoms with van der Waals surface area (Å²) in [7, 11) is 1.55. The van der Waals surface area contributed by atoms with Crippen LogP contribution in [-0.4, -0.2) is 40.9 Å². The van der Waals surface area contributed by atoms with Gasteiger partial charge in [0.25, 0.3) is 11.8 Å². The standard InChI is InChI=1S/C41H35Cl2N3O6/c1-3-22-7-12-26(13-8-22)45-37(48)30-17-16-29-31(35(30)39(45)50)21-32-38(49)46(44-34-18-11-25(42)20-33(34)43)40(51)41(32,24-9-14-28(52-2)15-10-24)36(29)23-5-4-6-27(47)19-23/h4-16,18-20,30-32,35-36,44,47H,3,17,21H2,1-2H3/t30-,31+,32-,35-,36-,41+/m0/s1. The number of carbonyl (C=O) groups is 4. The molecule has 0 unspecified atom stereocenters. The van der Waals surface area contributed by atoms with E-state index in [4.69, 9.17) is 27.9 Å². The monoisotopic (exact) mass is 735 g/mol. The number of aromatic hydroxyl groups is 1. The Labute approximate surface area is 310 Å². The molecular formula is C41H35Cl2N3O6. The molecule has 0 bridgehead atoms. The van der Waals surface area contributed by atoms with Gasteiger partial charge in [-0.15, -0.1) is 0 Å². The van der Waals surface area contributed by atoms with Crippen molar-refractivity contribution in [3.63, 3.8) is 0 Å². The van der Waals surface area contributed by atoms with E-state index < -0.39 is 46.8 Å². The van der Waals surface area contributed by atoms with Crippen molar-refractivity contribution in [1.29, 1.82) is 0 Å². The molecule has 4 aromatic carbocycles. The fraction of sp³-hybridized carbons (Fsp3) is 0.268. The zero-order valence-electron chi connectivity index (χ0n) is 28.4. The van der Waals surface area contributed by atoms with Gasteiger partial charge in [-0.2, -0.15) is 5.01 Å². The number of phenolic OH excluding ortho intramolecular Hbond substituents is 1. The van der Waals surface area contributed by atoms with Gasteiger partial charge in [-0.1, -0.05) is 78.2 Å². The van der Waals surface area contributed by atoms with Crippen LogP contribution < -0.4 is 15.1 Å². The van der Waals surface area contributed by atoms with Gasteiger partial charge in [0, 0.05) is 10.9 Å². The number of rotatable bonds is 7. The molecule has 2 saturated heterocycles. The molecule has 3 fully saturated rings. The predicted molar refractivity (Wildman–Crippen MR) is 197 cm³/mol. The van der Waals surface area contributed by atoms with Crippen molar-refractivity contribution >= 4 is 58.2 Å². The molecule has 0 radical (unpaired) electrons. The van der Waals surface area contributed by atoms with Gasteiger partial charge in [0.15, 0.2) is 0 Å². The van der Waals surface area contributed by atoms with Crippen molar-refractivity contribution in [3.05, 3.63) is 129 Å². The highest BCUT2D eigenvalue weighted by Crippen LogP contribution is 2.64. The number of carbonyl (C=O) groups excluding carboxylic acids is 4. The van der Waals surface area contributed by atoms with Crippen LogP contribution in [0.4, 0.5) is 11.4 Å². The van der Waals surface area contributed by atoms with Crippen LogP contribution in [0.5, 0.6) is 11.5 Å². The molecule has 264 valence electrons. The molecule has 52 heavy (non-hydrogen) atoms. The number of benzene rings is 4. The largest absolute Gasteiger partial charge is 0.508 e. The third-order valence-corrected chi connectivity index (χ3v) is 11.9. The zero-order chi connectivity index (χ0) is 36.5. The number of halogens is 2. The molecular weight excluding hydrogens is 701 g/mol. The van der Waals surface area contributed by atoms with Gasteiger partial charge < -0.3 is 9.84 Å². The highest BCUT2D eigenvalue weighted by atomic mass is 35.5. The van der Waals surface area contributed by atoms with E-state index in [0.717, 1.165) is 22.6 Å². The number of hydrogen-bond acceptors (Lipinski definition) is 7. The zero-order valence-corrected chi connectivity index (χ0v) is 29.9. The molecule has 2 heterocycles. The lowest BCUT2D eigenvalue weighted by Crippen LogP contribution is -2.53. The first-order valence-corrected chi connectivity index (χ1v) is 18.0. The first kappa shape index (κ1) is 34.0. The minimum absolute atomic E-state index is 0.0103. The summed E-state index contributed by atoms with van der Waals surface area (Å²) in [6.07, 6.45) is 3.22. The fourth-order valence-electron chi connectivity index (χ4n) is 9.06. The number of fused-ring (bicyclic) bond motifs is 4. The molecule has 4 aliphatic rings. The maximum absolute atomic E-state index is 15.3. The summed E-state index contributed by atoms with van der Waals surface area (Å²) >= 11 is 12.7. The molecule has 6 atom stereocenters. The van der Waals surface area contributed by atoms with E-state index in [0.29, 0.717) is 33.3 Å². The first-order chi connectivity index (χ1) is 25.1. The molecule has 2 aliphatic carbocycles. The van der Waals surface area contributed by atoms with Crippen molar-refractivity contribution in [2.75, 3.05) is 17.4 Å². The SMILES string of the molecule is CCc1ccc(N2C(=O)[C@H]3[C@H](CC=C4[C@H]3C[C@H]3C(=O)N(Nc5ccc(Cl)cc5Cl)C(=O)[C@@]3(c3ccc(OC)cc3)[C@H]4c3cccc(O)c3)C2=O)cc1. The average Bonchev–Trinajstić information content (AvgIpc) is 3.53. The van der Waals surface area contributed by atoms with E-state index in [1.54, 1.807) is 73.8 Å². The van der Waals surface area contributed by atoms with E-state index in [1.807, 2.05) is 31.2 Å². The van der Waals surface area contributed by atoms with Crippen LogP contribution in [0, 0.1) is 23.7 Å². The summed E-state index contributed by atoms with van der Waals surface area (Å²) < 4.78 is 5.46. The lowest BCUT2D eigenvalue weighted by atomic mass is 9.49. The summed E-state index contributed by atoms with van der Waals surface area (Å²) in [5.41, 5.74) is 5.35. The summed E-state index contributed by atoms with van der Waals surface area (Å²) in [4.78, 5) is 60.0. The summed E-state index contributed by atoms with van der Waals surface area (Å²) in [6, 6.07) is 25.9. The number of hydrazine groups is 1. The second-order valence-corrected chi connectivity index (χ2v) is 14.7. The molecule has 1 saturated carbocycles. The molecule has 2 N–H and O–H groups in total. The maximum atomic E-state index is 15.3. The Morgan fingerprint density at radius 1 is 0.885 bits per heavy atom. The average molecular weight is 737 g/mol. The number of anilines is 2. The van der Waals surface area contributed by atoms with Crippen LogP contribution in [0.1, 0.15) is 42.4 Å². The predicted octanol–water partition coefficient (Wildman–Crippen LogP) is 7.46. The van der Waals surface area contributed by atoms with Crippen LogP contribution >= 0.6 is 23.2 Å². The molecule has 2 aliphatic heterocycles. The van der Waals surface area contributed by atoms with Gasteiger partial charge in [-0.05, 0) is 96.5 Å². The lowest BCUT2D eigenvalue weighted by Gasteiger charge is -2.50. The number of nitrogens with zero attached hydrogens (tertiary/aromatic N) is 2. The second-order valence-electron chi connectivity index (χ2n) is 13.8. The normalized spacial score (nSPS) is 26.5. The number of methoxy groups -OCH3 is 1. The molecule has 0 aromatic heterocycles. The van der Waals surface area contributed by atoms with Crippen molar-refractivity contribution in [1.82, 2.24) is 5.01 Å². The minimum atomic E-state index is -1.51. The number of hydrogen-bond donors (Lipinski definition) is 2. The van der Waals surface area contributed by atoms with E-state index in [9.17, 15) is 19.5 Å². The van der Waals surface area contributed by atoms with Gasteiger partial charge in [-0.3, -0.25) is 29.5 Å². The molecule has 9 nitrogen and oxygen atoms in total. The topological polar surface area (TPSA) is 116 Å². The van der Waals surface area contributed by atoms with E-state index in [-0.39, 0.29) is 35.4 Å². The fourth-order valence-corrected chi connectivity index (χ4v) is 9.51. The molecule has 4 amide bonds. The summed E-state index contributed by atoms with van der Waals surface area (Å²) in [6.45, 7) is 2.04. The Bertz CT molecular complexity index is 2170. The van der Waals surface area contributed by atoms with Gasteiger partial charge in [0.2, 0.25) is 11.8 Å². The maximum Gasteiger partial charge on any atom is 0.260 e. The van der Waals surface area contributed by atoms with Crippen LogP contribution in [0.15, 0.2) is 103 Å². The second kappa shape index (κ2) is 12.8. The number of imide groups is 2. The van der Waals surface area contributed by atoms with Crippen molar-refractivity contribution in [2.24, 2.45) is 23.7 Å². The smallest absolute Gasteiger partial charge is 0.260 e. The molecule has 0 spiro atoms. The number of amides is 4. The Morgan fingerprint density at radius 3 is 2.31 bits per heavy atom. The Kier molecular flexibility index (Phi) is 8.38. The van der Waals surface area contributed by atoms with Gasteiger partial charge >= 0.3 is 0 Å². The van der Waals surface area contributed by atoms with Crippen LogP contribution in [0.2, 0.25) is 10.0 Å². The van der Waals surface area contributed by atoms with E-state index >= 15 is 4.79 Å². The number of phenols is 1. The highest BCUT2D eigenvalue weighted by molar-refractivity contribution is 6.36. The van der Waals surface area contributed by atoms with Crippen molar-refractivity contribution in [2.45, 2.75) is 37.5 Å². The number of nitrogens with one attached hydrogen (secondary N) is 1. The number of aryl methyl sites for hydroxylation is 1. The van der Waals surface area contributed by atoms with E-state index in [2.05, 4.69) is 5.43 Å². The number of allylic oxidation sites excluding steroid dienone is 2. The van der Waals surface area contributed by atoms with Gasteiger partial charge in [0.05, 0.1) is 46.7 Å². The van der Waals surface area contributed by atoms with Gasteiger partial charge in [0.1, 0.15) is 11.5 Å². The lowest BCUT2D eigenvalue weighted by molar-refractivity contribution is -0.138. The Morgan fingerprint density at radius 2 is 1.63 bits per heavy atom. The quantitative estimate of drug-likeness (QED) is 0.150. The van der Waals surface area contributed by atoms with E-state index in [1.165, 1.54) is 11.0 Å². The molecule has 4 aromatic rings. The Hall–Kier alpha value is -5.12. The first-order valence-electron chi connectivity index (χ1n) is 17.3. The third-order valence-electron chi connectivity index (χ3n) is 11.4. The summed E-state index contributed by atoms with van der Waals surface area (Å²) in [5, 5.41) is 12.4. The van der Waals surface area contributed by atoms with Crippen LogP contribution in [0.3, 0.4) is 0 Å². The third kappa shape index (κ3) is 5.04. The number of ether oxygens (including phenoxy) is 1. The Balaban J connectivity index is 1.31.